The summed E-state index contributed by atoms with van der Waals surface area (Å²) in [5.74, 6) is 1.29. The van der Waals surface area contributed by atoms with Gasteiger partial charge in [0.1, 0.15) is 23.8 Å². The summed E-state index contributed by atoms with van der Waals surface area (Å²) in [5.41, 5.74) is 1.21. The van der Waals surface area contributed by atoms with Gasteiger partial charge in [0.15, 0.2) is 6.29 Å². The highest BCUT2D eigenvalue weighted by atomic mass is 35.5. The summed E-state index contributed by atoms with van der Waals surface area (Å²) in [7, 11) is 1.59. The highest BCUT2D eigenvalue weighted by Crippen LogP contribution is 2.24. The molecule has 1 aromatic heterocycles. The summed E-state index contributed by atoms with van der Waals surface area (Å²) in [6, 6.07) is 8.61. The molecule has 0 N–H and O–H groups in total. The number of carbonyl (C=O) groups is 1. The zero-order valence-electron chi connectivity index (χ0n) is 10.3. The molecule has 0 aliphatic rings. The molecule has 0 aliphatic carbocycles. The zero-order chi connectivity index (χ0) is 13.7. The van der Waals surface area contributed by atoms with Crippen molar-refractivity contribution in [3.8, 4) is 11.5 Å². The lowest BCUT2D eigenvalue weighted by atomic mass is 10.2. The van der Waals surface area contributed by atoms with E-state index in [0.717, 1.165) is 5.56 Å². The van der Waals surface area contributed by atoms with Gasteiger partial charge in [0.05, 0.1) is 13.3 Å². The number of aromatic nitrogens is 1. The molecule has 0 radical (unpaired) electrons. The monoisotopic (exact) mass is 277 g/mol. The number of aldehydes is 1. The molecule has 0 bridgehead atoms. The Bertz CT molecular complexity index is 569. The molecule has 0 unspecified atom stereocenters. The summed E-state index contributed by atoms with van der Waals surface area (Å²) in [5, 5.41) is 0.619. The first-order valence-electron chi connectivity index (χ1n) is 5.59. The average molecular weight is 278 g/mol. The van der Waals surface area contributed by atoms with Crippen molar-refractivity contribution in [3.05, 3.63) is 52.8 Å². The molecule has 0 fully saturated rings. The Labute approximate surface area is 115 Å². The fourth-order valence-corrected chi connectivity index (χ4v) is 1.76. The topological polar surface area (TPSA) is 48.4 Å². The van der Waals surface area contributed by atoms with Crippen molar-refractivity contribution in [3.63, 3.8) is 0 Å². The van der Waals surface area contributed by atoms with Crippen LogP contribution in [0.2, 0.25) is 5.02 Å². The van der Waals surface area contributed by atoms with Gasteiger partial charge in [-0.1, -0.05) is 11.6 Å². The Balaban J connectivity index is 2.09. The van der Waals surface area contributed by atoms with E-state index >= 15 is 0 Å². The van der Waals surface area contributed by atoms with E-state index in [0.29, 0.717) is 35.1 Å². The SMILES string of the molecule is COc1ccc(Cl)cc1COc1ccc(C=O)nc1. The first-order valence-corrected chi connectivity index (χ1v) is 5.97. The van der Waals surface area contributed by atoms with Crippen LogP contribution in [-0.2, 0) is 6.61 Å². The molecule has 1 aromatic carbocycles. The second-order valence-electron chi connectivity index (χ2n) is 3.78. The van der Waals surface area contributed by atoms with Crippen LogP contribution in [0, 0.1) is 0 Å². The maximum absolute atomic E-state index is 10.5. The molecule has 1 heterocycles. The zero-order valence-corrected chi connectivity index (χ0v) is 11.1. The van der Waals surface area contributed by atoms with Gasteiger partial charge in [-0.2, -0.15) is 0 Å². The summed E-state index contributed by atoms with van der Waals surface area (Å²) in [6.45, 7) is 0.311. The molecule has 19 heavy (non-hydrogen) atoms. The van der Waals surface area contributed by atoms with Crippen LogP contribution in [0.1, 0.15) is 16.1 Å². The van der Waals surface area contributed by atoms with Crippen LogP contribution in [0.15, 0.2) is 36.5 Å². The Morgan fingerprint density at radius 2 is 2.16 bits per heavy atom. The first kappa shape index (κ1) is 13.4. The second-order valence-corrected chi connectivity index (χ2v) is 4.22. The number of halogens is 1. The standard InChI is InChI=1S/C14H12ClNO3/c1-18-14-5-2-11(15)6-10(14)9-19-13-4-3-12(8-17)16-7-13/h2-8H,9H2,1H3. The van der Waals surface area contributed by atoms with Crippen molar-refractivity contribution in [1.29, 1.82) is 0 Å². The van der Waals surface area contributed by atoms with Gasteiger partial charge in [-0.05, 0) is 30.3 Å². The van der Waals surface area contributed by atoms with Crippen LogP contribution < -0.4 is 9.47 Å². The van der Waals surface area contributed by atoms with E-state index in [1.807, 2.05) is 0 Å². The lowest BCUT2D eigenvalue weighted by molar-refractivity contribution is 0.111. The second kappa shape index (κ2) is 6.20. The van der Waals surface area contributed by atoms with E-state index < -0.39 is 0 Å². The molecule has 0 atom stereocenters. The molecule has 4 nitrogen and oxygen atoms in total. The van der Waals surface area contributed by atoms with Gasteiger partial charge in [-0.3, -0.25) is 4.79 Å². The number of rotatable bonds is 5. The summed E-state index contributed by atoms with van der Waals surface area (Å²) >= 11 is 5.93. The van der Waals surface area contributed by atoms with Gasteiger partial charge in [-0.25, -0.2) is 4.98 Å². The molecule has 0 amide bonds. The van der Waals surface area contributed by atoms with Crippen molar-refractivity contribution < 1.29 is 14.3 Å². The van der Waals surface area contributed by atoms with Crippen molar-refractivity contribution in [2.75, 3.05) is 7.11 Å². The van der Waals surface area contributed by atoms with Gasteiger partial charge in [0, 0.05) is 10.6 Å². The smallest absolute Gasteiger partial charge is 0.168 e. The third-order valence-electron chi connectivity index (χ3n) is 2.52. The largest absolute Gasteiger partial charge is 0.496 e. The Kier molecular flexibility index (Phi) is 4.36. The minimum absolute atomic E-state index is 0.311. The number of ether oxygens (including phenoxy) is 2. The maximum atomic E-state index is 10.5. The van der Waals surface area contributed by atoms with E-state index in [-0.39, 0.29) is 0 Å². The fraction of sp³-hybridized carbons (Fsp3) is 0.143. The lowest BCUT2D eigenvalue weighted by Crippen LogP contribution is -1.99. The maximum Gasteiger partial charge on any atom is 0.168 e. The number of hydrogen-bond acceptors (Lipinski definition) is 4. The van der Waals surface area contributed by atoms with E-state index in [1.54, 1.807) is 37.4 Å². The van der Waals surface area contributed by atoms with Crippen molar-refractivity contribution in [2.45, 2.75) is 6.61 Å². The fourth-order valence-electron chi connectivity index (χ4n) is 1.57. The van der Waals surface area contributed by atoms with Crippen LogP contribution in [0.25, 0.3) is 0 Å². The molecular formula is C14H12ClNO3. The molecule has 0 saturated carbocycles. The number of pyridine rings is 1. The minimum Gasteiger partial charge on any atom is -0.496 e. The van der Waals surface area contributed by atoms with Gasteiger partial charge < -0.3 is 9.47 Å². The van der Waals surface area contributed by atoms with Gasteiger partial charge >= 0.3 is 0 Å². The first-order chi connectivity index (χ1) is 9.22. The lowest BCUT2D eigenvalue weighted by Gasteiger charge is -2.10. The third kappa shape index (κ3) is 3.45. The third-order valence-corrected chi connectivity index (χ3v) is 2.75. The number of carbonyl (C=O) groups excluding carboxylic acids is 1. The number of benzene rings is 1. The molecule has 5 heteroatoms. The van der Waals surface area contributed by atoms with Crippen molar-refractivity contribution >= 4 is 17.9 Å². The van der Waals surface area contributed by atoms with Crippen LogP contribution in [-0.4, -0.2) is 18.4 Å². The van der Waals surface area contributed by atoms with Crippen molar-refractivity contribution in [2.24, 2.45) is 0 Å². The van der Waals surface area contributed by atoms with Crippen LogP contribution in [0.5, 0.6) is 11.5 Å². The normalized spacial score (nSPS) is 10.0. The summed E-state index contributed by atoms with van der Waals surface area (Å²) in [6.07, 6.45) is 2.19. The number of nitrogens with zero attached hydrogens (tertiary/aromatic N) is 1. The predicted molar refractivity (Wildman–Crippen MR) is 72.0 cm³/mol. The van der Waals surface area contributed by atoms with Crippen LogP contribution in [0.4, 0.5) is 0 Å². The van der Waals surface area contributed by atoms with Crippen LogP contribution in [0.3, 0.4) is 0 Å². The van der Waals surface area contributed by atoms with Crippen LogP contribution >= 0.6 is 11.6 Å². The van der Waals surface area contributed by atoms with E-state index in [4.69, 9.17) is 21.1 Å². The van der Waals surface area contributed by atoms with E-state index in [1.165, 1.54) is 6.20 Å². The molecule has 0 saturated heterocycles. The van der Waals surface area contributed by atoms with Crippen molar-refractivity contribution in [1.82, 2.24) is 4.98 Å². The van der Waals surface area contributed by atoms with Gasteiger partial charge in [-0.15, -0.1) is 0 Å². The molecular weight excluding hydrogens is 266 g/mol. The molecule has 2 aromatic rings. The molecule has 0 aliphatic heterocycles. The van der Waals surface area contributed by atoms with E-state index in [2.05, 4.69) is 4.98 Å². The highest BCUT2D eigenvalue weighted by molar-refractivity contribution is 6.30. The molecule has 98 valence electrons. The summed E-state index contributed by atoms with van der Waals surface area (Å²) < 4.78 is 10.8. The molecule has 0 spiro atoms. The number of methoxy groups -OCH3 is 1. The highest BCUT2D eigenvalue weighted by Gasteiger charge is 2.05. The Morgan fingerprint density at radius 3 is 2.79 bits per heavy atom. The van der Waals surface area contributed by atoms with E-state index in [9.17, 15) is 4.79 Å². The van der Waals surface area contributed by atoms with Gasteiger partial charge in [0.25, 0.3) is 0 Å². The number of hydrogen-bond donors (Lipinski definition) is 0. The molecule has 2 rings (SSSR count). The Hall–Kier alpha value is -2.07. The van der Waals surface area contributed by atoms with Gasteiger partial charge in [0.2, 0.25) is 0 Å². The predicted octanol–water partition coefficient (Wildman–Crippen LogP) is 3.14. The average Bonchev–Trinajstić information content (AvgIpc) is 2.46. The Morgan fingerprint density at radius 1 is 1.32 bits per heavy atom. The minimum atomic E-state index is 0.311. The summed E-state index contributed by atoms with van der Waals surface area (Å²) in [4.78, 5) is 14.4. The quantitative estimate of drug-likeness (QED) is 0.788.